The Morgan fingerprint density at radius 1 is 0.552 bits per heavy atom. The Labute approximate surface area is 165 Å². The van der Waals surface area contributed by atoms with Crippen LogP contribution in [0, 0.1) is 0 Å². The molecule has 7 rings (SSSR count). The van der Waals surface area contributed by atoms with Gasteiger partial charge in [0, 0.05) is 27.7 Å². The number of fused-ring (bicyclic) bond motifs is 11. The van der Waals surface area contributed by atoms with Crippen LogP contribution in [0.2, 0.25) is 0 Å². The van der Waals surface area contributed by atoms with E-state index in [-0.39, 0.29) is 0 Å². The largest absolute Gasteiger partial charge is 0.298 e. The number of pyridine rings is 1. The lowest BCUT2D eigenvalue weighted by Crippen LogP contribution is -1.96. The summed E-state index contributed by atoms with van der Waals surface area (Å²) in [6.07, 6.45) is 2.19. The van der Waals surface area contributed by atoms with Crippen molar-refractivity contribution in [3.8, 4) is 0 Å². The summed E-state index contributed by atoms with van der Waals surface area (Å²) < 4.78 is 2.22. The summed E-state index contributed by atoms with van der Waals surface area (Å²) in [6, 6.07) is 29.6. The van der Waals surface area contributed by atoms with E-state index < -0.39 is 0 Å². The normalized spacial score (nSPS) is 12.1. The summed E-state index contributed by atoms with van der Waals surface area (Å²) in [5.41, 5.74) is 4.88. The zero-order valence-corrected chi connectivity index (χ0v) is 15.5. The van der Waals surface area contributed by atoms with Crippen LogP contribution in [0.4, 0.5) is 0 Å². The molecule has 0 aliphatic heterocycles. The first-order chi connectivity index (χ1) is 14.4. The topological polar surface area (TPSA) is 30.2 Å². The van der Waals surface area contributed by atoms with Crippen LogP contribution >= 0.6 is 0 Å². The van der Waals surface area contributed by atoms with Crippen LogP contribution in [0.5, 0.6) is 0 Å². The molecular formula is C26H15N3. The maximum absolute atomic E-state index is 5.09. The van der Waals surface area contributed by atoms with Gasteiger partial charge in [-0.1, -0.05) is 72.8 Å². The minimum Gasteiger partial charge on any atom is -0.298 e. The molecule has 3 heteroatoms. The molecule has 4 aromatic carbocycles. The number of para-hydroxylation sites is 2. The zero-order chi connectivity index (χ0) is 18.9. The molecule has 0 atom stereocenters. The molecule has 0 saturated carbocycles. The van der Waals surface area contributed by atoms with Gasteiger partial charge in [-0.2, -0.15) is 0 Å². The van der Waals surface area contributed by atoms with Gasteiger partial charge in [-0.3, -0.25) is 4.40 Å². The molecule has 0 N–H and O–H groups in total. The highest BCUT2D eigenvalue weighted by Gasteiger charge is 2.16. The highest BCUT2D eigenvalue weighted by atomic mass is 15.0. The van der Waals surface area contributed by atoms with Crippen LogP contribution in [0.15, 0.2) is 91.1 Å². The molecule has 134 valence electrons. The van der Waals surface area contributed by atoms with E-state index in [2.05, 4.69) is 71.3 Å². The second-order valence-corrected chi connectivity index (χ2v) is 7.53. The molecule has 0 saturated heterocycles. The van der Waals surface area contributed by atoms with Gasteiger partial charge in [0.05, 0.1) is 16.6 Å². The summed E-state index contributed by atoms with van der Waals surface area (Å²) >= 11 is 0. The van der Waals surface area contributed by atoms with Gasteiger partial charge >= 0.3 is 0 Å². The Morgan fingerprint density at radius 3 is 2.10 bits per heavy atom. The van der Waals surface area contributed by atoms with Crippen LogP contribution in [0.3, 0.4) is 0 Å². The molecule has 3 heterocycles. The number of nitrogens with zero attached hydrogens (tertiary/aromatic N) is 3. The lowest BCUT2D eigenvalue weighted by atomic mass is 10.00. The smallest absolute Gasteiger partial charge is 0.164 e. The molecular weight excluding hydrogens is 354 g/mol. The van der Waals surface area contributed by atoms with Crippen molar-refractivity contribution in [2.24, 2.45) is 0 Å². The summed E-state index contributed by atoms with van der Waals surface area (Å²) in [5, 5.41) is 7.27. The third-order valence-corrected chi connectivity index (χ3v) is 5.93. The van der Waals surface area contributed by atoms with Crippen LogP contribution in [-0.4, -0.2) is 14.4 Å². The third kappa shape index (κ3) is 1.91. The number of hydrogen-bond donors (Lipinski definition) is 0. The fourth-order valence-corrected chi connectivity index (χ4v) is 4.65. The number of rotatable bonds is 0. The highest BCUT2D eigenvalue weighted by molar-refractivity contribution is 6.26. The molecule has 0 aliphatic rings. The van der Waals surface area contributed by atoms with Gasteiger partial charge in [0.2, 0.25) is 0 Å². The Bertz CT molecular complexity index is 1760. The monoisotopic (exact) mass is 369 g/mol. The number of benzene rings is 4. The van der Waals surface area contributed by atoms with E-state index in [0.29, 0.717) is 0 Å². The van der Waals surface area contributed by atoms with Crippen LogP contribution in [-0.2, 0) is 0 Å². The second kappa shape index (κ2) is 5.30. The molecule has 0 bridgehead atoms. The maximum atomic E-state index is 5.09. The minimum atomic E-state index is 0.902. The van der Waals surface area contributed by atoms with E-state index in [1.165, 1.54) is 37.8 Å². The molecule has 0 spiro atoms. The number of hydrogen-bond acceptors (Lipinski definition) is 2. The van der Waals surface area contributed by atoms with E-state index >= 15 is 0 Å². The molecule has 0 radical (unpaired) electrons. The summed E-state index contributed by atoms with van der Waals surface area (Å²) in [4.78, 5) is 10.2. The summed E-state index contributed by atoms with van der Waals surface area (Å²) in [7, 11) is 0. The van der Waals surface area contributed by atoms with E-state index in [0.717, 1.165) is 22.2 Å². The summed E-state index contributed by atoms with van der Waals surface area (Å²) in [5.74, 6) is 0. The van der Waals surface area contributed by atoms with Crippen molar-refractivity contribution >= 4 is 60.0 Å². The SMILES string of the molecule is c1ccc2c(c1)ccc1c2c2nc3ccccc3nc2n2cc3ccccc3c12. The molecule has 0 aliphatic carbocycles. The van der Waals surface area contributed by atoms with E-state index in [1.54, 1.807) is 0 Å². The fourth-order valence-electron chi connectivity index (χ4n) is 4.65. The van der Waals surface area contributed by atoms with Gasteiger partial charge in [-0.15, -0.1) is 0 Å². The predicted octanol–water partition coefficient (Wildman–Crippen LogP) is 6.50. The van der Waals surface area contributed by atoms with Crippen molar-refractivity contribution < 1.29 is 0 Å². The second-order valence-electron chi connectivity index (χ2n) is 7.53. The zero-order valence-electron chi connectivity index (χ0n) is 15.5. The molecule has 0 amide bonds. The maximum Gasteiger partial charge on any atom is 0.164 e. The van der Waals surface area contributed by atoms with Gasteiger partial charge < -0.3 is 0 Å². The summed E-state index contributed by atoms with van der Waals surface area (Å²) in [6.45, 7) is 0. The van der Waals surface area contributed by atoms with Gasteiger partial charge in [-0.25, -0.2) is 9.97 Å². The van der Waals surface area contributed by atoms with E-state index in [1.807, 2.05) is 24.3 Å². The third-order valence-electron chi connectivity index (χ3n) is 5.93. The van der Waals surface area contributed by atoms with Gasteiger partial charge in [0.25, 0.3) is 0 Å². The fraction of sp³-hybridized carbons (Fsp3) is 0. The van der Waals surface area contributed by atoms with Crippen molar-refractivity contribution in [1.29, 1.82) is 0 Å². The Kier molecular flexibility index (Phi) is 2.74. The predicted molar refractivity (Wildman–Crippen MR) is 121 cm³/mol. The average molecular weight is 369 g/mol. The average Bonchev–Trinajstić information content (AvgIpc) is 3.17. The molecule has 3 nitrogen and oxygen atoms in total. The lowest BCUT2D eigenvalue weighted by molar-refractivity contribution is 1.22. The Morgan fingerprint density at radius 2 is 1.24 bits per heavy atom. The van der Waals surface area contributed by atoms with Crippen LogP contribution in [0.1, 0.15) is 0 Å². The van der Waals surface area contributed by atoms with E-state index in [9.17, 15) is 0 Å². The Hall–Kier alpha value is -3.98. The van der Waals surface area contributed by atoms with Crippen molar-refractivity contribution in [2.75, 3.05) is 0 Å². The van der Waals surface area contributed by atoms with Crippen molar-refractivity contribution in [2.45, 2.75) is 0 Å². The first kappa shape index (κ1) is 15.0. The van der Waals surface area contributed by atoms with Crippen molar-refractivity contribution in [3.05, 3.63) is 91.1 Å². The molecule has 0 unspecified atom stereocenters. The van der Waals surface area contributed by atoms with E-state index in [4.69, 9.17) is 9.97 Å². The van der Waals surface area contributed by atoms with Gasteiger partial charge in [-0.05, 0) is 22.9 Å². The molecule has 3 aromatic heterocycles. The molecule has 7 aromatic rings. The minimum absolute atomic E-state index is 0.902. The van der Waals surface area contributed by atoms with Crippen molar-refractivity contribution in [1.82, 2.24) is 14.4 Å². The van der Waals surface area contributed by atoms with Crippen molar-refractivity contribution in [3.63, 3.8) is 0 Å². The van der Waals surface area contributed by atoms with Gasteiger partial charge in [0.1, 0.15) is 5.52 Å². The van der Waals surface area contributed by atoms with Crippen LogP contribution in [0.25, 0.3) is 60.0 Å². The van der Waals surface area contributed by atoms with Crippen LogP contribution < -0.4 is 0 Å². The Balaban J connectivity index is 1.90. The quantitative estimate of drug-likeness (QED) is 0.226. The molecule has 0 fully saturated rings. The molecule has 29 heavy (non-hydrogen) atoms. The number of aromatic nitrogens is 3. The first-order valence-corrected chi connectivity index (χ1v) is 9.78. The first-order valence-electron chi connectivity index (χ1n) is 9.78. The highest BCUT2D eigenvalue weighted by Crippen LogP contribution is 2.37. The standard InChI is InChI=1S/C26H15N3/c1-3-9-18-16(7-1)13-14-20-23(18)24-26(28-22-12-6-5-11-21(22)27-24)29-15-17-8-2-4-10-19(17)25(20)29/h1-15H. The lowest BCUT2D eigenvalue weighted by Gasteiger charge is -2.12. The van der Waals surface area contributed by atoms with Gasteiger partial charge in [0.15, 0.2) is 5.65 Å².